The van der Waals surface area contributed by atoms with Crippen molar-refractivity contribution in [3.05, 3.63) is 34.4 Å². The Kier molecular flexibility index (Phi) is 3.02. The molecule has 0 fully saturated rings. The van der Waals surface area contributed by atoms with E-state index in [1.807, 2.05) is 6.08 Å². The molecule has 0 aromatic carbocycles. The number of nitrogens with two attached hydrogens (primary N) is 1. The zero-order chi connectivity index (χ0) is 11.5. The van der Waals surface area contributed by atoms with Crippen LogP contribution in [0, 0.1) is 0 Å². The molecule has 0 unspecified atom stereocenters. The molecule has 16 heavy (non-hydrogen) atoms. The first-order chi connectivity index (χ1) is 7.70. The lowest BCUT2D eigenvalue weighted by atomic mass is 10.1. The van der Waals surface area contributed by atoms with Crippen molar-refractivity contribution in [1.82, 2.24) is 9.55 Å². The molecule has 0 bridgehead atoms. The number of anilines is 1. The van der Waals surface area contributed by atoms with Crippen LogP contribution in [0.15, 0.2) is 28.7 Å². The van der Waals surface area contributed by atoms with Gasteiger partial charge in [-0.15, -0.1) is 0 Å². The average Bonchev–Trinajstić information content (AvgIpc) is 2.69. The number of rotatable bonds is 3. The number of aliphatic hydroxyl groups is 1. The normalized spacial score (nSPS) is 19.8. The highest BCUT2D eigenvalue weighted by molar-refractivity contribution is 5.24. The van der Waals surface area contributed by atoms with Gasteiger partial charge in [-0.05, 0) is 11.6 Å². The molecule has 3 N–H and O–H groups in total. The predicted molar refractivity (Wildman–Crippen MR) is 57.8 cm³/mol. The van der Waals surface area contributed by atoms with Gasteiger partial charge in [0.15, 0.2) is 0 Å². The molecule has 1 aliphatic rings. The van der Waals surface area contributed by atoms with Gasteiger partial charge in [0, 0.05) is 6.20 Å². The van der Waals surface area contributed by atoms with Gasteiger partial charge in [0.25, 0.3) is 0 Å². The Morgan fingerprint density at radius 1 is 1.69 bits per heavy atom. The minimum Gasteiger partial charge on any atom is -0.393 e. The van der Waals surface area contributed by atoms with Gasteiger partial charge in [0.2, 0.25) is 0 Å². The van der Waals surface area contributed by atoms with Gasteiger partial charge in [-0.1, -0.05) is 6.08 Å². The molecule has 86 valence electrons. The van der Waals surface area contributed by atoms with Crippen molar-refractivity contribution in [2.45, 2.75) is 12.6 Å². The third-order valence-electron chi connectivity index (χ3n) is 2.47. The Morgan fingerprint density at radius 2 is 2.50 bits per heavy atom. The minimum absolute atomic E-state index is 0.0804. The molecule has 0 aliphatic carbocycles. The highest BCUT2D eigenvalue weighted by atomic mass is 16.5. The third kappa shape index (κ3) is 2.12. The average molecular weight is 223 g/mol. The van der Waals surface area contributed by atoms with Crippen LogP contribution in [-0.2, 0) is 11.3 Å². The van der Waals surface area contributed by atoms with Gasteiger partial charge in [0.05, 0.1) is 19.8 Å². The fourth-order valence-electron chi connectivity index (χ4n) is 1.61. The van der Waals surface area contributed by atoms with E-state index in [0.29, 0.717) is 13.2 Å². The summed E-state index contributed by atoms with van der Waals surface area (Å²) in [6, 6.07) is 1.56. The lowest BCUT2D eigenvalue weighted by Crippen LogP contribution is -2.27. The molecule has 1 aromatic heterocycles. The van der Waals surface area contributed by atoms with Gasteiger partial charge in [0.1, 0.15) is 11.9 Å². The summed E-state index contributed by atoms with van der Waals surface area (Å²) in [6.07, 6.45) is 3.13. The quantitative estimate of drug-likeness (QED) is 0.651. The van der Waals surface area contributed by atoms with E-state index in [0.717, 1.165) is 5.57 Å². The Bertz CT molecular complexity index is 467. The number of ether oxygens (including phenoxy) is 1. The lowest BCUT2D eigenvalue weighted by Gasteiger charge is -2.12. The first kappa shape index (κ1) is 10.8. The van der Waals surface area contributed by atoms with Crippen LogP contribution in [0.5, 0.6) is 0 Å². The molecule has 6 nitrogen and oxygen atoms in total. The maximum Gasteiger partial charge on any atom is 0.349 e. The fourth-order valence-corrected chi connectivity index (χ4v) is 1.61. The molecular weight excluding hydrogens is 210 g/mol. The third-order valence-corrected chi connectivity index (χ3v) is 2.47. The zero-order valence-electron chi connectivity index (χ0n) is 8.67. The van der Waals surface area contributed by atoms with Crippen LogP contribution in [0.1, 0.15) is 0 Å². The molecule has 1 aromatic rings. The molecular formula is C10H13N3O3. The summed E-state index contributed by atoms with van der Waals surface area (Å²) in [5.74, 6) is 0.205. The van der Waals surface area contributed by atoms with E-state index >= 15 is 0 Å². The highest BCUT2D eigenvalue weighted by Crippen LogP contribution is 2.15. The van der Waals surface area contributed by atoms with Crippen molar-refractivity contribution in [3.8, 4) is 0 Å². The van der Waals surface area contributed by atoms with Crippen molar-refractivity contribution in [2.24, 2.45) is 0 Å². The summed E-state index contributed by atoms with van der Waals surface area (Å²) in [5.41, 5.74) is 5.87. The molecule has 2 rings (SSSR count). The van der Waals surface area contributed by atoms with Crippen LogP contribution < -0.4 is 11.4 Å². The largest absolute Gasteiger partial charge is 0.393 e. The molecule has 1 atom stereocenters. The molecule has 0 radical (unpaired) electrons. The minimum atomic E-state index is -0.399. The molecule has 0 saturated heterocycles. The highest BCUT2D eigenvalue weighted by Gasteiger charge is 2.19. The van der Waals surface area contributed by atoms with Gasteiger partial charge >= 0.3 is 5.69 Å². The SMILES string of the molecule is Nc1ccn(CC2=CCO[C@@H]2CO)c(=O)n1. The van der Waals surface area contributed by atoms with E-state index < -0.39 is 5.69 Å². The van der Waals surface area contributed by atoms with Gasteiger partial charge < -0.3 is 15.6 Å². The van der Waals surface area contributed by atoms with Crippen LogP contribution in [0.2, 0.25) is 0 Å². The van der Waals surface area contributed by atoms with Crippen molar-refractivity contribution in [3.63, 3.8) is 0 Å². The zero-order valence-corrected chi connectivity index (χ0v) is 8.67. The summed E-state index contributed by atoms with van der Waals surface area (Å²) in [7, 11) is 0. The number of hydrogen-bond donors (Lipinski definition) is 2. The van der Waals surface area contributed by atoms with Gasteiger partial charge in [-0.25, -0.2) is 4.79 Å². The van der Waals surface area contributed by atoms with Crippen LogP contribution in [0.3, 0.4) is 0 Å². The van der Waals surface area contributed by atoms with Crippen LogP contribution in [-0.4, -0.2) is 34.0 Å². The smallest absolute Gasteiger partial charge is 0.349 e. The molecule has 0 amide bonds. The van der Waals surface area contributed by atoms with E-state index in [1.165, 1.54) is 4.57 Å². The van der Waals surface area contributed by atoms with Crippen molar-refractivity contribution >= 4 is 5.82 Å². The van der Waals surface area contributed by atoms with Crippen molar-refractivity contribution in [2.75, 3.05) is 18.9 Å². The summed E-state index contributed by atoms with van der Waals surface area (Å²) in [4.78, 5) is 15.1. The van der Waals surface area contributed by atoms with E-state index in [4.69, 9.17) is 15.6 Å². The molecule has 0 saturated carbocycles. The monoisotopic (exact) mass is 223 g/mol. The molecule has 1 aliphatic heterocycles. The number of hydrogen-bond acceptors (Lipinski definition) is 5. The van der Waals surface area contributed by atoms with E-state index in [1.54, 1.807) is 12.3 Å². The summed E-state index contributed by atoms with van der Waals surface area (Å²) < 4.78 is 6.68. The Morgan fingerprint density at radius 3 is 3.19 bits per heavy atom. The van der Waals surface area contributed by atoms with Gasteiger partial charge in [-0.2, -0.15) is 4.98 Å². The topological polar surface area (TPSA) is 90.4 Å². The molecule has 0 spiro atoms. The summed E-state index contributed by atoms with van der Waals surface area (Å²) >= 11 is 0. The second-order valence-electron chi connectivity index (χ2n) is 3.55. The maximum atomic E-state index is 11.5. The lowest BCUT2D eigenvalue weighted by molar-refractivity contribution is 0.0669. The second kappa shape index (κ2) is 4.46. The number of nitrogens with zero attached hydrogens (tertiary/aromatic N) is 2. The molecule has 2 heterocycles. The van der Waals surface area contributed by atoms with Crippen LogP contribution >= 0.6 is 0 Å². The Hall–Kier alpha value is -1.66. The van der Waals surface area contributed by atoms with E-state index in [9.17, 15) is 4.79 Å². The van der Waals surface area contributed by atoms with E-state index in [2.05, 4.69) is 4.98 Å². The number of aromatic nitrogens is 2. The standard InChI is InChI=1S/C10H13N3O3/c11-9-1-3-13(10(15)12-9)5-7-2-4-16-8(7)6-14/h1-3,8,14H,4-6H2,(H2,11,12,15)/t8-/m1/s1. The first-order valence-corrected chi connectivity index (χ1v) is 4.95. The Labute approximate surface area is 92.0 Å². The van der Waals surface area contributed by atoms with Crippen molar-refractivity contribution < 1.29 is 9.84 Å². The van der Waals surface area contributed by atoms with Crippen molar-refractivity contribution in [1.29, 1.82) is 0 Å². The Balaban J connectivity index is 2.18. The number of nitrogen functional groups attached to an aromatic ring is 1. The second-order valence-corrected chi connectivity index (χ2v) is 3.55. The summed E-state index contributed by atoms with van der Waals surface area (Å²) in [6.45, 7) is 0.762. The number of aliphatic hydroxyl groups excluding tert-OH is 1. The van der Waals surface area contributed by atoms with E-state index in [-0.39, 0.29) is 18.5 Å². The maximum absolute atomic E-state index is 11.5. The van der Waals surface area contributed by atoms with Gasteiger partial charge in [-0.3, -0.25) is 4.57 Å². The van der Waals surface area contributed by atoms with Crippen LogP contribution in [0.25, 0.3) is 0 Å². The fraction of sp³-hybridized carbons (Fsp3) is 0.400. The predicted octanol–water partition coefficient (Wildman–Crippen LogP) is -0.857. The molecule has 6 heteroatoms. The van der Waals surface area contributed by atoms with Crippen LogP contribution in [0.4, 0.5) is 5.82 Å². The summed E-state index contributed by atoms with van der Waals surface area (Å²) in [5, 5.41) is 9.04. The first-order valence-electron chi connectivity index (χ1n) is 4.95.